The molecule has 1 aliphatic heterocycles. The molecule has 0 bridgehead atoms. The number of carbonyl (C=O) groups excluding carboxylic acids is 1. The van der Waals surface area contributed by atoms with Crippen LogP contribution in [-0.2, 0) is 4.74 Å². The van der Waals surface area contributed by atoms with Gasteiger partial charge < -0.3 is 15.2 Å². The van der Waals surface area contributed by atoms with Crippen molar-refractivity contribution in [3.63, 3.8) is 0 Å². The van der Waals surface area contributed by atoms with Crippen LogP contribution in [0.15, 0.2) is 53.9 Å². The molecule has 2 N–H and O–H groups in total. The number of ether oxygens (including phenoxy) is 1. The van der Waals surface area contributed by atoms with Crippen molar-refractivity contribution in [2.45, 2.75) is 51.2 Å². The summed E-state index contributed by atoms with van der Waals surface area (Å²) in [6.07, 6.45) is 6.16. The van der Waals surface area contributed by atoms with Crippen LogP contribution in [-0.4, -0.2) is 35.5 Å². The van der Waals surface area contributed by atoms with Gasteiger partial charge in [-0.1, -0.05) is 50.1 Å². The summed E-state index contributed by atoms with van der Waals surface area (Å²) in [5.41, 5.74) is 1.73. The Balaban J connectivity index is 2.41. The molecule has 1 amide bonds. The van der Waals surface area contributed by atoms with E-state index in [4.69, 9.17) is 10.00 Å². The lowest BCUT2D eigenvalue weighted by atomic mass is 10.00. The maximum atomic E-state index is 12.9. The quantitative estimate of drug-likeness (QED) is 0.767. The second kappa shape index (κ2) is 11.1. The van der Waals surface area contributed by atoms with Crippen LogP contribution in [0.4, 0.5) is 0 Å². The van der Waals surface area contributed by atoms with E-state index in [1.54, 1.807) is 24.3 Å². The second-order valence-corrected chi connectivity index (χ2v) is 6.69. The molecule has 1 aromatic carbocycles. The van der Waals surface area contributed by atoms with Crippen molar-refractivity contribution in [2.24, 2.45) is 4.99 Å². The van der Waals surface area contributed by atoms with Gasteiger partial charge in [0.25, 0.3) is 5.91 Å². The van der Waals surface area contributed by atoms with E-state index in [1.807, 2.05) is 25.1 Å². The zero-order valence-corrected chi connectivity index (χ0v) is 16.2. The Kier molecular flexibility index (Phi) is 8.44. The molecule has 1 aromatic rings. The molecule has 28 heavy (non-hydrogen) atoms. The molecule has 1 aliphatic rings. The summed E-state index contributed by atoms with van der Waals surface area (Å²) in [7, 11) is 0. The lowest BCUT2D eigenvalue weighted by Gasteiger charge is -2.20. The predicted octanol–water partition coefficient (Wildman–Crippen LogP) is 3.49. The number of nitriles is 1. The second-order valence-electron chi connectivity index (χ2n) is 6.69. The van der Waals surface area contributed by atoms with E-state index in [2.05, 4.69) is 16.9 Å². The Hall–Kier alpha value is -2.91. The lowest BCUT2D eigenvalue weighted by molar-refractivity contribution is 0.0881. The molecule has 2 unspecified atom stereocenters. The fraction of sp³-hybridized carbons (Fsp3) is 0.409. The highest BCUT2D eigenvalue weighted by atomic mass is 16.5. The molecule has 1 heterocycles. The molecular weight excluding hydrogens is 354 g/mol. The van der Waals surface area contributed by atoms with Gasteiger partial charge in [0, 0.05) is 16.8 Å². The first kappa shape index (κ1) is 21.4. The van der Waals surface area contributed by atoms with Crippen LogP contribution in [0, 0.1) is 11.3 Å². The normalized spacial score (nSPS) is 23.5. The van der Waals surface area contributed by atoms with Gasteiger partial charge in [-0.2, -0.15) is 5.26 Å². The van der Waals surface area contributed by atoms with Crippen LogP contribution in [0.5, 0.6) is 0 Å². The minimum atomic E-state index is -1.24. The highest BCUT2D eigenvalue weighted by Crippen LogP contribution is 2.16. The highest BCUT2D eigenvalue weighted by molar-refractivity contribution is 6.09. The van der Waals surface area contributed by atoms with E-state index < -0.39 is 12.1 Å². The number of aliphatic hydroxyl groups is 1. The first-order valence-electron chi connectivity index (χ1n) is 9.55. The molecular formula is C22H27N3O3. The summed E-state index contributed by atoms with van der Waals surface area (Å²) in [4.78, 5) is 17.4. The molecule has 6 nitrogen and oxygen atoms in total. The maximum Gasteiger partial charge on any atom is 0.252 e. The number of aliphatic imine (C=N–C) groups is 1. The van der Waals surface area contributed by atoms with Crippen molar-refractivity contribution in [1.82, 2.24) is 5.32 Å². The monoisotopic (exact) mass is 381 g/mol. The highest BCUT2D eigenvalue weighted by Gasteiger charge is 2.23. The number of allylic oxidation sites excluding steroid dienone is 2. The molecule has 0 radical (unpaired) electrons. The van der Waals surface area contributed by atoms with Crippen LogP contribution in [0.2, 0.25) is 0 Å². The maximum absolute atomic E-state index is 12.9. The third-order valence-electron chi connectivity index (χ3n) is 4.59. The van der Waals surface area contributed by atoms with Crippen LogP contribution in [0.1, 0.15) is 54.9 Å². The number of nitrogens with zero attached hydrogens (tertiary/aromatic N) is 2. The van der Waals surface area contributed by atoms with Gasteiger partial charge in [-0.3, -0.25) is 4.79 Å². The zero-order chi connectivity index (χ0) is 20.4. The number of benzene rings is 1. The summed E-state index contributed by atoms with van der Waals surface area (Å²) >= 11 is 0. The van der Waals surface area contributed by atoms with Crippen molar-refractivity contribution in [3.8, 4) is 6.07 Å². The number of aliphatic hydroxyl groups excluding tert-OH is 1. The largest absolute Gasteiger partial charge is 0.478 e. The standard InChI is InChI=1S/C22H27N3O3/c1-3-10-21-24-16(2)17-11-7-8-12-18(17)22(27)25-19(20(26)15-23)13-6-4-5-9-14-28-21/h3,7-8,10-12,19-20,26H,1,4-6,9,13-14H2,2H3,(H,25,27)/b21-10+,24-16+. The van der Waals surface area contributed by atoms with Crippen LogP contribution in [0.25, 0.3) is 0 Å². The molecule has 0 aliphatic carbocycles. The molecule has 0 saturated heterocycles. The Morgan fingerprint density at radius 1 is 1.32 bits per heavy atom. The third-order valence-corrected chi connectivity index (χ3v) is 4.59. The third kappa shape index (κ3) is 6.07. The van der Waals surface area contributed by atoms with E-state index >= 15 is 0 Å². The molecule has 6 heteroatoms. The number of carbonyl (C=O) groups is 1. The van der Waals surface area contributed by atoms with Crippen molar-refractivity contribution in [2.75, 3.05) is 6.61 Å². The van der Waals surface area contributed by atoms with Gasteiger partial charge in [0.2, 0.25) is 5.88 Å². The number of amides is 1. The number of rotatable bonds is 2. The van der Waals surface area contributed by atoms with E-state index in [0.29, 0.717) is 35.7 Å². The Morgan fingerprint density at radius 3 is 2.75 bits per heavy atom. The molecule has 148 valence electrons. The Morgan fingerprint density at radius 2 is 2.04 bits per heavy atom. The molecule has 2 rings (SSSR count). The summed E-state index contributed by atoms with van der Waals surface area (Å²) in [5.74, 6) is 0.116. The minimum absolute atomic E-state index is 0.338. The predicted molar refractivity (Wildman–Crippen MR) is 109 cm³/mol. The van der Waals surface area contributed by atoms with Crippen molar-refractivity contribution < 1.29 is 14.6 Å². The van der Waals surface area contributed by atoms with E-state index in [1.165, 1.54) is 0 Å². The van der Waals surface area contributed by atoms with Gasteiger partial charge in [-0.15, -0.1) is 0 Å². The van der Waals surface area contributed by atoms with Gasteiger partial charge in [0.15, 0.2) is 6.10 Å². The number of hydrogen-bond donors (Lipinski definition) is 2. The van der Waals surface area contributed by atoms with Crippen molar-refractivity contribution in [1.29, 1.82) is 5.26 Å². The molecule has 0 saturated carbocycles. The van der Waals surface area contributed by atoms with Gasteiger partial charge in [-0.25, -0.2) is 4.99 Å². The van der Waals surface area contributed by atoms with Gasteiger partial charge in [0.05, 0.1) is 18.7 Å². The average Bonchev–Trinajstić information content (AvgIpc) is 2.71. The Labute approximate surface area is 166 Å². The number of nitrogens with one attached hydrogen (secondary N) is 1. The minimum Gasteiger partial charge on any atom is -0.478 e. The number of hydrogen-bond acceptors (Lipinski definition) is 5. The summed E-state index contributed by atoms with van der Waals surface area (Å²) in [5, 5.41) is 21.9. The van der Waals surface area contributed by atoms with E-state index in [0.717, 1.165) is 25.7 Å². The SMILES string of the molecule is C=C/C=C1\N=C(/C)c2ccccc2C(=O)NC(C(O)C#N)CCCCCCO1. The summed E-state index contributed by atoms with van der Waals surface area (Å²) in [6, 6.07) is 8.34. The van der Waals surface area contributed by atoms with E-state index in [9.17, 15) is 9.90 Å². The average molecular weight is 381 g/mol. The van der Waals surface area contributed by atoms with E-state index in [-0.39, 0.29) is 5.91 Å². The molecule has 0 spiro atoms. The van der Waals surface area contributed by atoms with Gasteiger partial charge in [-0.05, 0) is 31.9 Å². The fourth-order valence-corrected chi connectivity index (χ4v) is 3.08. The summed E-state index contributed by atoms with van der Waals surface area (Å²) < 4.78 is 5.77. The van der Waals surface area contributed by atoms with Crippen LogP contribution < -0.4 is 5.32 Å². The van der Waals surface area contributed by atoms with Gasteiger partial charge >= 0.3 is 0 Å². The topological polar surface area (TPSA) is 94.7 Å². The lowest BCUT2D eigenvalue weighted by Crippen LogP contribution is -2.43. The zero-order valence-electron chi connectivity index (χ0n) is 16.2. The molecule has 0 fully saturated rings. The first-order chi connectivity index (χ1) is 13.6. The Bertz CT molecular complexity index is 792. The fourth-order valence-electron chi connectivity index (χ4n) is 3.08. The van der Waals surface area contributed by atoms with Crippen molar-refractivity contribution >= 4 is 11.6 Å². The molecule has 2 atom stereocenters. The van der Waals surface area contributed by atoms with Gasteiger partial charge in [0.1, 0.15) is 0 Å². The smallest absolute Gasteiger partial charge is 0.252 e. The van der Waals surface area contributed by atoms with Crippen LogP contribution in [0.3, 0.4) is 0 Å². The number of fused-ring (bicyclic) bond motifs is 1. The summed E-state index contributed by atoms with van der Waals surface area (Å²) in [6.45, 7) is 6.05. The van der Waals surface area contributed by atoms with Crippen molar-refractivity contribution in [3.05, 3.63) is 60.0 Å². The molecule has 0 aromatic heterocycles. The van der Waals surface area contributed by atoms with Crippen LogP contribution >= 0.6 is 0 Å². The first-order valence-corrected chi connectivity index (χ1v) is 9.55.